The number of carbonyl (C=O) groups is 1. The van der Waals surface area contributed by atoms with E-state index in [1.54, 1.807) is 4.90 Å². The first-order valence-electron chi connectivity index (χ1n) is 9.02. The molecule has 0 bridgehead atoms. The minimum atomic E-state index is -0.775. The highest BCUT2D eigenvalue weighted by Crippen LogP contribution is 2.22. The van der Waals surface area contributed by atoms with E-state index in [0.29, 0.717) is 26.2 Å². The van der Waals surface area contributed by atoms with E-state index in [4.69, 9.17) is 9.47 Å². The number of rotatable bonds is 5. The van der Waals surface area contributed by atoms with Crippen molar-refractivity contribution in [2.45, 2.75) is 33.0 Å². The molecule has 0 radical (unpaired) electrons. The summed E-state index contributed by atoms with van der Waals surface area (Å²) in [5.41, 5.74) is 1.91. The summed E-state index contributed by atoms with van der Waals surface area (Å²) in [5, 5.41) is 13.6. The van der Waals surface area contributed by atoms with Gasteiger partial charge in [-0.3, -0.25) is 0 Å². The summed E-state index contributed by atoms with van der Waals surface area (Å²) in [6.07, 6.45) is 0.445. The summed E-state index contributed by atoms with van der Waals surface area (Å²) in [7, 11) is 0. The summed E-state index contributed by atoms with van der Waals surface area (Å²) in [6.45, 7) is 6.02. The predicted octanol–water partition coefficient (Wildman–Crippen LogP) is 2.22. The molecule has 2 saturated heterocycles. The SMILES string of the molecule is Cc1ccccc1COC(=O)N1CCN(CC2COC(C)C2)C1=N[N+](=O)[O-]. The summed E-state index contributed by atoms with van der Waals surface area (Å²) >= 11 is 0. The highest BCUT2D eigenvalue weighted by Gasteiger charge is 2.37. The van der Waals surface area contributed by atoms with Crippen LogP contribution in [0.15, 0.2) is 29.4 Å². The predicted molar refractivity (Wildman–Crippen MR) is 97.6 cm³/mol. The number of hydrogen-bond donors (Lipinski definition) is 0. The lowest BCUT2D eigenvalue weighted by Gasteiger charge is -2.21. The summed E-state index contributed by atoms with van der Waals surface area (Å²) in [5.74, 6) is 0.300. The van der Waals surface area contributed by atoms with Crippen molar-refractivity contribution >= 4 is 12.1 Å². The van der Waals surface area contributed by atoms with Crippen LogP contribution in [0.5, 0.6) is 0 Å². The fraction of sp³-hybridized carbons (Fsp3) is 0.556. The van der Waals surface area contributed by atoms with E-state index in [2.05, 4.69) is 5.10 Å². The highest BCUT2D eigenvalue weighted by molar-refractivity contribution is 5.95. The van der Waals surface area contributed by atoms with Gasteiger partial charge in [0.05, 0.1) is 19.3 Å². The molecule has 0 N–H and O–H groups in total. The van der Waals surface area contributed by atoms with Gasteiger partial charge in [0.2, 0.25) is 0 Å². The van der Waals surface area contributed by atoms with Crippen molar-refractivity contribution in [2.24, 2.45) is 11.0 Å². The van der Waals surface area contributed by atoms with Gasteiger partial charge in [0.1, 0.15) is 11.7 Å². The molecule has 0 spiro atoms. The molecular formula is C18H24N4O5. The Hall–Kier alpha value is -2.68. The molecule has 1 aromatic rings. The quantitative estimate of drug-likeness (QED) is 0.577. The average Bonchev–Trinajstić information content (AvgIpc) is 3.20. The number of nitrogens with zero attached hydrogens (tertiary/aromatic N) is 4. The van der Waals surface area contributed by atoms with Gasteiger partial charge in [-0.15, -0.1) is 0 Å². The Bertz CT molecular complexity index is 738. The minimum Gasteiger partial charge on any atom is -0.444 e. The molecule has 2 atom stereocenters. The maximum atomic E-state index is 12.5. The zero-order chi connectivity index (χ0) is 19.4. The Morgan fingerprint density at radius 2 is 2.19 bits per heavy atom. The standard InChI is InChI=1S/C18H24N4O5/c1-13-5-3-4-6-16(13)12-27-18(23)21-8-7-20(17(21)19-22(24)25)10-15-9-14(2)26-11-15/h3-6,14-15H,7-12H2,1-2H3. The van der Waals surface area contributed by atoms with Gasteiger partial charge in [0.15, 0.2) is 5.03 Å². The van der Waals surface area contributed by atoms with E-state index in [1.165, 1.54) is 4.90 Å². The molecule has 1 amide bonds. The van der Waals surface area contributed by atoms with Crippen LogP contribution in [-0.2, 0) is 16.1 Å². The van der Waals surface area contributed by atoms with E-state index in [9.17, 15) is 14.9 Å². The summed E-state index contributed by atoms with van der Waals surface area (Å²) in [6, 6.07) is 7.60. The number of carbonyl (C=O) groups excluding carboxylic acids is 1. The van der Waals surface area contributed by atoms with Crippen LogP contribution < -0.4 is 0 Å². The molecule has 27 heavy (non-hydrogen) atoms. The topological polar surface area (TPSA) is 97.5 Å². The maximum Gasteiger partial charge on any atom is 0.417 e. The third kappa shape index (κ3) is 4.73. The Morgan fingerprint density at radius 3 is 2.85 bits per heavy atom. The number of hydrogen-bond acceptors (Lipinski definition) is 5. The van der Waals surface area contributed by atoms with Gasteiger partial charge in [-0.2, -0.15) is 0 Å². The monoisotopic (exact) mass is 376 g/mol. The van der Waals surface area contributed by atoms with Crippen LogP contribution in [0.3, 0.4) is 0 Å². The highest BCUT2D eigenvalue weighted by atomic mass is 16.7. The summed E-state index contributed by atoms with van der Waals surface area (Å²) < 4.78 is 10.9. The minimum absolute atomic E-state index is 0.0364. The molecule has 3 rings (SSSR count). The van der Waals surface area contributed by atoms with Gasteiger partial charge in [-0.25, -0.2) is 19.8 Å². The second kappa shape index (κ2) is 8.34. The fourth-order valence-electron chi connectivity index (χ4n) is 3.46. The lowest BCUT2D eigenvalue weighted by molar-refractivity contribution is -0.486. The summed E-state index contributed by atoms with van der Waals surface area (Å²) in [4.78, 5) is 26.5. The molecule has 2 aliphatic rings. The second-order valence-corrected chi connectivity index (χ2v) is 6.96. The Kier molecular flexibility index (Phi) is 5.90. The molecule has 9 heteroatoms. The number of benzene rings is 1. The first kappa shape index (κ1) is 19.1. The molecule has 0 saturated carbocycles. The van der Waals surface area contributed by atoms with Crippen LogP contribution in [0.25, 0.3) is 0 Å². The van der Waals surface area contributed by atoms with Crippen LogP contribution in [0.1, 0.15) is 24.5 Å². The molecule has 0 aliphatic carbocycles. The van der Waals surface area contributed by atoms with Gasteiger partial charge in [-0.05, 0) is 31.4 Å². The lowest BCUT2D eigenvalue weighted by atomic mass is 10.1. The zero-order valence-electron chi connectivity index (χ0n) is 15.5. The van der Waals surface area contributed by atoms with Gasteiger partial charge >= 0.3 is 6.09 Å². The second-order valence-electron chi connectivity index (χ2n) is 6.96. The van der Waals surface area contributed by atoms with Crippen molar-refractivity contribution in [1.82, 2.24) is 9.80 Å². The molecule has 9 nitrogen and oxygen atoms in total. The number of hydrazone groups is 1. The van der Waals surface area contributed by atoms with Crippen molar-refractivity contribution in [1.29, 1.82) is 0 Å². The molecule has 146 valence electrons. The van der Waals surface area contributed by atoms with Crippen molar-refractivity contribution in [3.8, 4) is 0 Å². The van der Waals surface area contributed by atoms with Crippen LogP contribution in [0.2, 0.25) is 0 Å². The van der Waals surface area contributed by atoms with E-state index in [0.717, 1.165) is 17.5 Å². The zero-order valence-corrected chi connectivity index (χ0v) is 15.5. The van der Waals surface area contributed by atoms with Crippen LogP contribution >= 0.6 is 0 Å². The molecule has 2 heterocycles. The van der Waals surface area contributed by atoms with Gasteiger partial charge < -0.3 is 14.4 Å². The van der Waals surface area contributed by atoms with Gasteiger partial charge in [0, 0.05) is 19.0 Å². The Morgan fingerprint density at radius 1 is 1.41 bits per heavy atom. The lowest BCUT2D eigenvalue weighted by Crippen LogP contribution is -2.40. The first-order valence-corrected chi connectivity index (χ1v) is 9.02. The van der Waals surface area contributed by atoms with Gasteiger partial charge in [-0.1, -0.05) is 24.3 Å². The maximum absolute atomic E-state index is 12.5. The smallest absolute Gasteiger partial charge is 0.417 e. The Balaban J connectivity index is 1.65. The number of aryl methyl sites for hydroxylation is 1. The number of guanidine groups is 1. The van der Waals surface area contributed by atoms with Crippen LogP contribution in [0, 0.1) is 23.0 Å². The molecule has 2 fully saturated rings. The molecule has 0 aromatic heterocycles. The molecule has 2 unspecified atom stereocenters. The molecular weight excluding hydrogens is 352 g/mol. The van der Waals surface area contributed by atoms with Crippen molar-refractivity contribution in [3.63, 3.8) is 0 Å². The first-order chi connectivity index (χ1) is 12.9. The van der Waals surface area contributed by atoms with E-state index in [-0.39, 0.29) is 24.6 Å². The van der Waals surface area contributed by atoms with Gasteiger partial charge in [0.25, 0.3) is 5.96 Å². The van der Waals surface area contributed by atoms with E-state index < -0.39 is 11.1 Å². The fourth-order valence-corrected chi connectivity index (χ4v) is 3.46. The van der Waals surface area contributed by atoms with E-state index in [1.807, 2.05) is 38.1 Å². The molecule has 2 aliphatic heterocycles. The normalized spacial score (nSPS) is 23.9. The van der Waals surface area contributed by atoms with Crippen molar-refractivity contribution in [3.05, 3.63) is 45.5 Å². The Labute approximate surface area is 157 Å². The third-order valence-electron chi connectivity index (χ3n) is 4.88. The number of nitro groups is 1. The van der Waals surface area contributed by atoms with Crippen LogP contribution in [0.4, 0.5) is 4.79 Å². The largest absolute Gasteiger partial charge is 0.444 e. The number of amides is 1. The van der Waals surface area contributed by atoms with Crippen LogP contribution in [-0.4, -0.2) is 59.2 Å². The third-order valence-corrected chi connectivity index (χ3v) is 4.88. The van der Waals surface area contributed by atoms with Crippen molar-refractivity contribution < 1.29 is 19.3 Å². The average molecular weight is 376 g/mol. The van der Waals surface area contributed by atoms with Crippen molar-refractivity contribution in [2.75, 3.05) is 26.2 Å². The molecule has 1 aromatic carbocycles. The van der Waals surface area contributed by atoms with E-state index >= 15 is 0 Å². The number of ether oxygens (including phenoxy) is 2.